The summed E-state index contributed by atoms with van der Waals surface area (Å²) in [4.78, 5) is 4.31. The van der Waals surface area contributed by atoms with Gasteiger partial charge in [-0.15, -0.1) is 0 Å². The molecule has 3 N–H and O–H groups in total. The normalized spacial score (nSPS) is 10.6. The van der Waals surface area contributed by atoms with Crippen molar-refractivity contribution in [1.29, 1.82) is 0 Å². The van der Waals surface area contributed by atoms with E-state index in [1.54, 1.807) is 18.4 Å². The van der Waals surface area contributed by atoms with Crippen LogP contribution >= 0.6 is 0 Å². The summed E-state index contributed by atoms with van der Waals surface area (Å²) in [5.41, 5.74) is 7.38. The maximum absolute atomic E-state index is 9.15. The largest absolute Gasteiger partial charge is 0.508 e. The summed E-state index contributed by atoms with van der Waals surface area (Å²) in [5.74, 6) is 0.948. The molecule has 0 aliphatic heterocycles. The molecule has 1 aromatic heterocycles. The second kappa shape index (κ2) is 4.81. The highest BCUT2D eigenvalue weighted by Gasteiger charge is 2.04. The Morgan fingerprint density at radius 3 is 2.69 bits per heavy atom. The van der Waals surface area contributed by atoms with Gasteiger partial charge in [0.05, 0.1) is 5.69 Å². The summed E-state index contributed by atoms with van der Waals surface area (Å²) >= 11 is 0. The Labute approximate surface area is 93.7 Å². The number of benzene rings is 1. The summed E-state index contributed by atoms with van der Waals surface area (Å²) in [5, 5.41) is 9.15. The predicted molar refractivity (Wildman–Crippen MR) is 60.2 cm³/mol. The number of hydrogen-bond acceptors (Lipinski definition) is 4. The zero-order valence-electron chi connectivity index (χ0n) is 8.89. The standard InChI is InChI=1S/C12H14N2O2/c13-6-5-12-14-10(8-16-12)7-9-1-3-11(15)4-2-9/h1-4,8,15H,5-7,13H2. The first-order valence-electron chi connectivity index (χ1n) is 5.19. The van der Waals surface area contributed by atoms with Gasteiger partial charge in [-0.1, -0.05) is 12.1 Å². The number of aromatic nitrogens is 1. The molecule has 0 radical (unpaired) electrons. The van der Waals surface area contributed by atoms with Gasteiger partial charge in [0.15, 0.2) is 5.89 Å². The first-order valence-corrected chi connectivity index (χ1v) is 5.19. The Morgan fingerprint density at radius 2 is 2.00 bits per heavy atom. The SMILES string of the molecule is NCCc1nc(Cc2ccc(O)cc2)co1. The van der Waals surface area contributed by atoms with Gasteiger partial charge in [-0.3, -0.25) is 0 Å². The second-order valence-electron chi connectivity index (χ2n) is 3.61. The lowest BCUT2D eigenvalue weighted by molar-refractivity contribution is 0.475. The van der Waals surface area contributed by atoms with Gasteiger partial charge in [0.2, 0.25) is 0 Å². The van der Waals surface area contributed by atoms with Gasteiger partial charge in [-0.2, -0.15) is 0 Å². The number of hydrogen-bond donors (Lipinski definition) is 2. The topological polar surface area (TPSA) is 72.3 Å². The minimum Gasteiger partial charge on any atom is -0.508 e. The van der Waals surface area contributed by atoms with Crippen molar-refractivity contribution in [2.24, 2.45) is 5.73 Å². The van der Waals surface area contributed by atoms with E-state index < -0.39 is 0 Å². The molecule has 4 heteroatoms. The molecule has 0 fully saturated rings. The molecule has 0 spiro atoms. The molecule has 1 aromatic carbocycles. The van der Waals surface area contributed by atoms with Gasteiger partial charge in [-0.05, 0) is 17.7 Å². The third kappa shape index (κ3) is 2.61. The number of phenolic OH excluding ortho intramolecular Hbond substituents is 1. The summed E-state index contributed by atoms with van der Waals surface area (Å²) in [6.45, 7) is 0.541. The average Bonchev–Trinajstić information content (AvgIpc) is 2.70. The quantitative estimate of drug-likeness (QED) is 0.815. The van der Waals surface area contributed by atoms with Crippen molar-refractivity contribution in [3.05, 3.63) is 47.7 Å². The van der Waals surface area contributed by atoms with Crippen molar-refractivity contribution in [2.45, 2.75) is 12.8 Å². The van der Waals surface area contributed by atoms with E-state index in [2.05, 4.69) is 4.98 Å². The fourth-order valence-corrected chi connectivity index (χ4v) is 1.49. The van der Waals surface area contributed by atoms with Gasteiger partial charge in [0.1, 0.15) is 12.0 Å². The molecule has 0 aliphatic carbocycles. The molecule has 84 valence electrons. The number of oxazole rings is 1. The first-order chi connectivity index (χ1) is 7.78. The number of nitrogens with two attached hydrogens (primary N) is 1. The Morgan fingerprint density at radius 1 is 1.25 bits per heavy atom. The van der Waals surface area contributed by atoms with Crippen LogP contribution in [-0.2, 0) is 12.8 Å². The van der Waals surface area contributed by atoms with Crippen LogP contribution in [0, 0.1) is 0 Å². The fourth-order valence-electron chi connectivity index (χ4n) is 1.49. The van der Waals surface area contributed by atoms with Crippen LogP contribution in [0.1, 0.15) is 17.1 Å². The maximum atomic E-state index is 9.15. The number of phenols is 1. The first kappa shape index (κ1) is 10.7. The molecule has 0 saturated carbocycles. The number of rotatable bonds is 4. The van der Waals surface area contributed by atoms with E-state index in [1.165, 1.54) is 0 Å². The molecule has 0 bridgehead atoms. The fraction of sp³-hybridized carbons (Fsp3) is 0.250. The smallest absolute Gasteiger partial charge is 0.195 e. The van der Waals surface area contributed by atoms with Crippen molar-refractivity contribution in [3.63, 3.8) is 0 Å². The molecule has 0 saturated heterocycles. The lowest BCUT2D eigenvalue weighted by Gasteiger charge is -1.97. The van der Waals surface area contributed by atoms with Gasteiger partial charge in [0, 0.05) is 19.4 Å². The third-order valence-corrected chi connectivity index (χ3v) is 2.28. The van der Waals surface area contributed by atoms with Crippen LogP contribution in [0.15, 0.2) is 34.9 Å². The zero-order chi connectivity index (χ0) is 11.4. The van der Waals surface area contributed by atoms with Gasteiger partial charge in [0.25, 0.3) is 0 Å². The molecule has 0 aliphatic rings. The Balaban J connectivity index is 2.05. The molecule has 0 amide bonds. The third-order valence-electron chi connectivity index (χ3n) is 2.28. The second-order valence-corrected chi connectivity index (χ2v) is 3.61. The van der Waals surface area contributed by atoms with Crippen molar-refractivity contribution in [2.75, 3.05) is 6.54 Å². The Hall–Kier alpha value is -1.81. The van der Waals surface area contributed by atoms with Gasteiger partial charge in [-0.25, -0.2) is 4.98 Å². The van der Waals surface area contributed by atoms with Crippen molar-refractivity contribution < 1.29 is 9.52 Å². The Kier molecular flexibility index (Phi) is 3.22. The number of nitrogens with zero attached hydrogens (tertiary/aromatic N) is 1. The highest BCUT2D eigenvalue weighted by atomic mass is 16.3. The van der Waals surface area contributed by atoms with Crippen molar-refractivity contribution in [3.8, 4) is 5.75 Å². The summed E-state index contributed by atoms with van der Waals surface area (Å²) in [6, 6.07) is 7.06. The van der Waals surface area contributed by atoms with Crippen LogP contribution in [0.3, 0.4) is 0 Å². The van der Waals surface area contributed by atoms with Crippen LogP contribution in [-0.4, -0.2) is 16.6 Å². The van der Waals surface area contributed by atoms with E-state index in [0.717, 1.165) is 11.3 Å². The van der Waals surface area contributed by atoms with E-state index in [-0.39, 0.29) is 5.75 Å². The average molecular weight is 218 g/mol. The molecular formula is C12H14N2O2. The maximum Gasteiger partial charge on any atom is 0.195 e. The van der Waals surface area contributed by atoms with Crippen LogP contribution in [0.5, 0.6) is 5.75 Å². The van der Waals surface area contributed by atoms with E-state index in [0.29, 0.717) is 25.3 Å². The highest BCUT2D eigenvalue weighted by Crippen LogP contribution is 2.13. The van der Waals surface area contributed by atoms with Crippen LogP contribution < -0.4 is 5.73 Å². The molecule has 2 rings (SSSR count). The summed E-state index contributed by atoms with van der Waals surface area (Å²) in [6.07, 6.45) is 3.02. The van der Waals surface area contributed by atoms with E-state index in [4.69, 9.17) is 15.3 Å². The minimum absolute atomic E-state index is 0.271. The van der Waals surface area contributed by atoms with Gasteiger partial charge < -0.3 is 15.3 Å². The summed E-state index contributed by atoms with van der Waals surface area (Å²) < 4.78 is 5.26. The molecule has 4 nitrogen and oxygen atoms in total. The number of aromatic hydroxyl groups is 1. The van der Waals surface area contributed by atoms with E-state index in [1.807, 2.05) is 12.1 Å². The predicted octanol–water partition coefficient (Wildman–Crippen LogP) is 1.47. The van der Waals surface area contributed by atoms with Gasteiger partial charge >= 0.3 is 0 Å². The highest BCUT2D eigenvalue weighted by molar-refractivity contribution is 5.28. The minimum atomic E-state index is 0.271. The van der Waals surface area contributed by atoms with Crippen LogP contribution in [0.25, 0.3) is 0 Å². The van der Waals surface area contributed by atoms with E-state index >= 15 is 0 Å². The lowest BCUT2D eigenvalue weighted by atomic mass is 10.1. The summed E-state index contributed by atoms with van der Waals surface area (Å²) in [7, 11) is 0. The van der Waals surface area contributed by atoms with Crippen molar-refractivity contribution >= 4 is 0 Å². The molecule has 2 aromatic rings. The van der Waals surface area contributed by atoms with Crippen molar-refractivity contribution in [1.82, 2.24) is 4.98 Å². The zero-order valence-corrected chi connectivity index (χ0v) is 8.89. The molecule has 0 unspecified atom stereocenters. The monoisotopic (exact) mass is 218 g/mol. The van der Waals surface area contributed by atoms with Crippen LogP contribution in [0.4, 0.5) is 0 Å². The lowest BCUT2D eigenvalue weighted by Crippen LogP contribution is -2.02. The molecular weight excluding hydrogens is 204 g/mol. The molecule has 0 atom stereocenters. The molecule has 16 heavy (non-hydrogen) atoms. The van der Waals surface area contributed by atoms with Crippen LogP contribution in [0.2, 0.25) is 0 Å². The Bertz CT molecular complexity index is 448. The molecule has 1 heterocycles. The van der Waals surface area contributed by atoms with E-state index in [9.17, 15) is 0 Å².